The molecular formula is C20H23NO4. The Morgan fingerprint density at radius 1 is 1.04 bits per heavy atom. The van der Waals surface area contributed by atoms with Crippen LogP contribution in [0.4, 0.5) is 0 Å². The summed E-state index contributed by atoms with van der Waals surface area (Å²) in [6.07, 6.45) is 0.184. The summed E-state index contributed by atoms with van der Waals surface area (Å²) < 4.78 is 10.7. The third-order valence-corrected chi connectivity index (χ3v) is 3.87. The lowest BCUT2D eigenvalue weighted by atomic mass is 10.1. The molecule has 0 heterocycles. The van der Waals surface area contributed by atoms with Crippen molar-refractivity contribution in [2.75, 3.05) is 14.2 Å². The van der Waals surface area contributed by atoms with E-state index in [-0.39, 0.29) is 18.7 Å². The van der Waals surface area contributed by atoms with Crippen LogP contribution in [-0.4, -0.2) is 32.1 Å². The normalized spacial score (nSPS) is 11.4. The molecule has 25 heavy (non-hydrogen) atoms. The van der Waals surface area contributed by atoms with Gasteiger partial charge in [-0.05, 0) is 23.6 Å². The highest BCUT2D eigenvalue weighted by molar-refractivity contribution is 5.84. The number of aryl methyl sites for hydroxylation is 1. The number of methoxy groups -OCH3 is 1. The van der Waals surface area contributed by atoms with Gasteiger partial charge in [-0.2, -0.15) is 0 Å². The number of rotatable bonds is 8. The van der Waals surface area contributed by atoms with E-state index in [2.05, 4.69) is 5.32 Å². The first-order valence-corrected chi connectivity index (χ1v) is 8.21. The summed E-state index contributed by atoms with van der Waals surface area (Å²) >= 11 is 0. The number of esters is 1. The smallest absolute Gasteiger partial charge is 0.306 e. The van der Waals surface area contributed by atoms with Gasteiger partial charge in [-0.25, -0.2) is 0 Å². The van der Waals surface area contributed by atoms with Crippen molar-refractivity contribution in [2.45, 2.75) is 25.4 Å². The van der Waals surface area contributed by atoms with Crippen molar-refractivity contribution in [1.82, 2.24) is 5.32 Å². The monoisotopic (exact) mass is 341 g/mol. The molecule has 0 aromatic heterocycles. The van der Waals surface area contributed by atoms with Gasteiger partial charge in [-0.15, -0.1) is 0 Å². The number of benzene rings is 2. The van der Waals surface area contributed by atoms with E-state index >= 15 is 0 Å². The molecule has 1 N–H and O–H groups in total. The Balaban J connectivity index is 1.99. The number of hydrogen-bond acceptors (Lipinski definition) is 4. The molecule has 2 rings (SSSR count). The number of amides is 1. The van der Waals surface area contributed by atoms with E-state index < -0.39 is 12.1 Å². The zero-order chi connectivity index (χ0) is 18.1. The maximum Gasteiger partial charge on any atom is 0.306 e. The molecule has 0 saturated carbocycles. The van der Waals surface area contributed by atoms with Crippen molar-refractivity contribution >= 4 is 11.9 Å². The number of nitrogens with one attached hydrogen (secondary N) is 1. The summed E-state index contributed by atoms with van der Waals surface area (Å²) in [5, 5.41) is 2.54. The van der Waals surface area contributed by atoms with Crippen molar-refractivity contribution in [3.8, 4) is 5.75 Å². The van der Waals surface area contributed by atoms with Gasteiger partial charge < -0.3 is 14.8 Å². The first kappa shape index (κ1) is 18.5. The van der Waals surface area contributed by atoms with E-state index in [4.69, 9.17) is 9.47 Å². The minimum Gasteiger partial charge on any atom is -0.496 e. The molecule has 5 heteroatoms. The Kier molecular flexibility index (Phi) is 7.01. The fraction of sp³-hybridized carbons (Fsp3) is 0.300. The first-order chi connectivity index (χ1) is 12.1. The molecule has 0 fully saturated rings. The van der Waals surface area contributed by atoms with Gasteiger partial charge in [0.05, 0.1) is 7.11 Å². The summed E-state index contributed by atoms with van der Waals surface area (Å²) in [5.41, 5.74) is 1.87. The zero-order valence-electron chi connectivity index (χ0n) is 14.5. The molecule has 2 aromatic carbocycles. The molecule has 0 aliphatic heterocycles. The molecule has 2 aromatic rings. The maximum atomic E-state index is 12.2. The number of hydrogen-bond donors (Lipinski definition) is 1. The number of carbonyl (C=O) groups is 2. The second-order valence-electron chi connectivity index (χ2n) is 5.59. The molecule has 0 aliphatic carbocycles. The van der Waals surface area contributed by atoms with Crippen LogP contribution in [0.25, 0.3) is 0 Å². The van der Waals surface area contributed by atoms with Crippen LogP contribution >= 0.6 is 0 Å². The highest BCUT2D eigenvalue weighted by atomic mass is 16.5. The fourth-order valence-corrected chi connectivity index (χ4v) is 2.53. The van der Waals surface area contributed by atoms with E-state index in [9.17, 15) is 9.59 Å². The molecule has 132 valence electrons. The Labute approximate surface area is 148 Å². The van der Waals surface area contributed by atoms with Crippen molar-refractivity contribution in [1.29, 1.82) is 0 Å². The predicted molar refractivity (Wildman–Crippen MR) is 95.4 cm³/mol. The van der Waals surface area contributed by atoms with Gasteiger partial charge in [0, 0.05) is 19.9 Å². The average molecular weight is 341 g/mol. The minimum atomic E-state index is -0.885. The molecule has 5 nitrogen and oxygen atoms in total. The lowest BCUT2D eigenvalue weighted by molar-refractivity contribution is -0.155. The topological polar surface area (TPSA) is 64.6 Å². The molecule has 1 unspecified atom stereocenters. The van der Waals surface area contributed by atoms with Crippen LogP contribution in [-0.2, 0) is 27.2 Å². The largest absolute Gasteiger partial charge is 0.496 e. The molecule has 0 spiro atoms. The second kappa shape index (κ2) is 9.47. The van der Waals surface area contributed by atoms with Crippen LogP contribution in [0.2, 0.25) is 0 Å². The van der Waals surface area contributed by atoms with Gasteiger partial charge in [-0.3, -0.25) is 9.59 Å². The summed E-state index contributed by atoms with van der Waals surface area (Å²) in [7, 11) is 3.09. The second-order valence-corrected chi connectivity index (χ2v) is 5.59. The van der Waals surface area contributed by atoms with Crippen LogP contribution in [0.3, 0.4) is 0 Å². The average Bonchev–Trinajstić information content (AvgIpc) is 2.66. The molecule has 0 bridgehead atoms. The summed E-state index contributed by atoms with van der Waals surface area (Å²) in [6.45, 7) is 0. The van der Waals surface area contributed by atoms with Crippen LogP contribution in [0, 0.1) is 0 Å². The molecule has 0 saturated heterocycles. The number of carbonyl (C=O) groups excluding carboxylic acids is 2. The maximum absolute atomic E-state index is 12.2. The van der Waals surface area contributed by atoms with Crippen LogP contribution in [0.5, 0.6) is 5.75 Å². The zero-order valence-corrected chi connectivity index (χ0v) is 14.5. The quantitative estimate of drug-likeness (QED) is 0.750. The van der Waals surface area contributed by atoms with Crippen LogP contribution in [0.1, 0.15) is 17.5 Å². The van der Waals surface area contributed by atoms with Gasteiger partial charge >= 0.3 is 5.97 Å². The lowest BCUT2D eigenvalue weighted by Gasteiger charge is -2.18. The first-order valence-electron chi connectivity index (χ1n) is 8.21. The van der Waals surface area contributed by atoms with Crippen LogP contribution in [0.15, 0.2) is 54.6 Å². The van der Waals surface area contributed by atoms with Gasteiger partial charge in [0.1, 0.15) is 5.75 Å². The van der Waals surface area contributed by atoms with Gasteiger partial charge in [0.25, 0.3) is 5.91 Å². The third-order valence-electron chi connectivity index (χ3n) is 3.87. The van der Waals surface area contributed by atoms with E-state index in [1.165, 1.54) is 7.05 Å². The Morgan fingerprint density at radius 3 is 2.40 bits per heavy atom. The highest BCUT2D eigenvalue weighted by Gasteiger charge is 2.23. The van der Waals surface area contributed by atoms with E-state index in [1.807, 2.05) is 54.6 Å². The highest BCUT2D eigenvalue weighted by Crippen LogP contribution is 2.20. The number of likely N-dealkylation sites (N-methyl/N-ethyl adjacent to an activating group) is 1. The molecular weight excluding hydrogens is 318 g/mol. The number of ether oxygens (including phenoxy) is 2. The standard InChI is InChI=1S/C20H23NO4/c1-21-20(23)18(14-16-10-6-7-11-17(16)24-2)25-19(22)13-12-15-8-4-3-5-9-15/h3-11,18H,12-14H2,1-2H3,(H,21,23). The minimum absolute atomic E-state index is 0.226. The Hall–Kier alpha value is -2.82. The SMILES string of the molecule is CNC(=O)C(Cc1ccccc1OC)OC(=O)CCc1ccccc1. The Bertz CT molecular complexity index is 700. The lowest BCUT2D eigenvalue weighted by Crippen LogP contribution is -2.37. The van der Waals surface area contributed by atoms with Crippen molar-refractivity contribution in [3.63, 3.8) is 0 Å². The summed E-state index contributed by atoms with van der Waals surface area (Å²) in [6, 6.07) is 17.1. The van der Waals surface area contributed by atoms with E-state index in [1.54, 1.807) is 7.11 Å². The van der Waals surface area contributed by atoms with Gasteiger partial charge in [0.2, 0.25) is 0 Å². The van der Waals surface area contributed by atoms with E-state index in [0.717, 1.165) is 11.1 Å². The summed E-state index contributed by atoms with van der Waals surface area (Å²) in [4.78, 5) is 24.3. The fourth-order valence-electron chi connectivity index (χ4n) is 2.53. The van der Waals surface area contributed by atoms with Crippen molar-refractivity contribution in [3.05, 3.63) is 65.7 Å². The molecule has 0 aliphatic rings. The third kappa shape index (κ3) is 5.64. The van der Waals surface area contributed by atoms with Gasteiger partial charge in [-0.1, -0.05) is 48.5 Å². The molecule has 0 radical (unpaired) electrons. The van der Waals surface area contributed by atoms with Crippen LogP contribution < -0.4 is 10.1 Å². The Morgan fingerprint density at radius 2 is 1.72 bits per heavy atom. The van der Waals surface area contributed by atoms with Crippen molar-refractivity contribution < 1.29 is 19.1 Å². The molecule has 1 amide bonds. The van der Waals surface area contributed by atoms with E-state index in [0.29, 0.717) is 12.2 Å². The molecule has 1 atom stereocenters. The van der Waals surface area contributed by atoms with Gasteiger partial charge in [0.15, 0.2) is 6.10 Å². The number of para-hydroxylation sites is 1. The summed E-state index contributed by atoms with van der Waals surface area (Å²) in [5.74, 6) is -0.0666. The van der Waals surface area contributed by atoms with Crippen molar-refractivity contribution in [2.24, 2.45) is 0 Å². The predicted octanol–water partition coefficient (Wildman–Crippen LogP) is 2.53.